The van der Waals surface area contributed by atoms with E-state index in [4.69, 9.17) is 4.42 Å². The minimum Gasteiger partial charge on any atom is -0.454 e. The van der Waals surface area contributed by atoms with Crippen molar-refractivity contribution in [3.05, 3.63) is 74.7 Å². The van der Waals surface area contributed by atoms with E-state index in [9.17, 15) is 14.0 Å². The number of halogens is 1. The summed E-state index contributed by atoms with van der Waals surface area (Å²) in [5.74, 6) is -0.758. The fourth-order valence-corrected chi connectivity index (χ4v) is 3.84. The highest BCUT2D eigenvalue weighted by molar-refractivity contribution is 7.09. The average Bonchev–Trinajstić information content (AvgIpc) is 3.29. The maximum atomic E-state index is 13.9. The van der Waals surface area contributed by atoms with Crippen LogP contribution in [-0.2, 0) is 6.54 Å². The van der Waals surface area contributed by atoms with Crippen molar-refractivity contribution < 1.29 is 18.4 Å². The van der Waals surface area contributed by atoms with Gasteiger partial charge in [-0.1, -0.05) is 12.1 Å². The smallest absolute Gasteiger partial charge is 0.287 e. The standard InChI is InChI=1S/C22H25FN4O3S/c1-14-15(2)31-22(25-20(28)17-7-5-6-8-18(17)23)27(14)13-16-9-10-19(30-16)21(29)24-11-12-26(3)4/h5-10H,11-13H2,1-4H3,(H,24,29). The van der Waals surface area contributed by atoms with Crippen molar-refractivity contribution in [2.75, 3.05) is 27.2 Å². The molecule has 0 spiro atoms. The van der Waals surface area contributed by atoms with Crippen LogP contribution in [0.4, 0.5) is 4.39 Å². The van der Waals surface area contributed by atoms with E-state index < -0.39 is 11.7 Å². The highest BCUT2D eigenvalue weighted by Crippen LogP contribution is 2.15. The highest BCUT2D eigenvalue weighted by Gasteiger charge is 2.15. The number of aromatic nitrogens is 1. The molecule has 2 aromatic heterocycles. The Balaban J connectivity index is 1.82. The van der Waals surface area contributed by atoms with E-state index in [0.717, 1.165) is 17.1 Å². The molecule has 31 heavy (non-hydrogen) atoms. The first-order chi connectivity index (χ1) is 14.8. The van der Waals surface area contributed by atoms with Crippen LogP contribution in [0.3, 0.4) is 0 Å². The topological polar surface area (TPSA) is 79.8 Å². The maximum absolute atomic E-state index is 13.9. The molecule has 0 unspecified atom stereocenters. The van der Waals surface area contributed by atoms with Crippen LogP contribution in [0.1, 0.15) is 37.2 Å². The number of amides is 2. The number of nitrogens with zero attached hydrogens (tertiary/aromatic N) is 3. The summed E-state index contributed by atoms with van der Waals surface area (Å²) in [6, 6.07) is 9.11. The van der Waals surface area contributed by atoms with Gasteiger partial charge in [0.25, 0.3) is 11.8 Å². The summed E-state index contributed by atoms with van der Waals surface area (Å²) >= 11 is 1.34. The Kier molecular flexibility index (Phi) is 7.19. The van der Waals surface area contributed by atoms with Gasteiger partial charge >= 0.3 is 0 Å². The third kappa shape index (κ3) is 5.56. The molecule has 0 aliphatic rings. The van der Waals surface area contributed by atoms with Crippen LogP contribution >= 0.6 is 11.3 Å². The highest BCUT2D eigenvalue weighted by atomic mass is 32.1. The number of benzene rings is 1. The first-order valence-corrected chi connectivity index (χ1v) is 10.6. The van der Waals surface area contributed by atoms with Gasteiger partial charge in [-0.2, -0.15) is 4.99 Å². The van der Waals surface area contributed by atoms with Crippen molar-refractivity contribution in [3.63, 3.8) is 0 Å². The van der Waals surface area contributed by atoms with E-state index in [1.807, 2.05) is 37.4 Å². The van der Waals surface area contributed by atoms with Gasteiger partial charge in [0, 0.05) is 23.7 Å². The Labute approximate surface area is 183 Å². The summed E-state index contributed by atoms with van der Waals surface area (Å²) in [7, 11) is 3.86. The SMILES string of the molecule is Cc1sc(=NC(=O)c2ccccc2F)n(Cc2ccc(C(=O)NCCN(C)C)o2)c1C. The molecule has 1 N–H and O–H groups in total. The second-order valence-electron chi connectivity index (χ2n) is 7.33. The number of aryl methyl sites for hydroxylation is 1. The molecule has 0 bridgehead atoms. The van der Waals surface area contributed by atoms with Gasteiger partial charge in [0.1, 0.15) is 11.6 Å². The van der Waals surface area contributed by atoms with E-state index in [1.54, 1.807) is 18.2 Å². The monoisotopic (exact) mass is 444 g/mol. The Bertz CT molecular complexity index is 1160. The Morgan fingerprint density at radius 2 is 1.94 bits per heavy atom. The molecule has 0 saturated heterocycles. The Morgan fingerprint density at radius 1 is 1.19 bits per heavy atom. The van der Waals surface area contributed by atoms with Crippen molar-refractivity contribution in [1.29, 1.82) is 0 Å². The minimum absolute atomic E-state index is 0.0764. The van der Waals surface area contributed by atoms with Crippen molar-refractivity contribution in [2.45, 2.75) is 20.4 Å². The molecule has 9 heteroatoms. The van der Waals surface area contributed by atoms with Gasteiger partial charge in [0.05, 0.1) is 12.1 Å². The molecule has 1 aromatic carbocycles. The van der Waals surface area contributed by atoms with E-state index in [0.29, 0.717) is 23.7 Å². The van der Waals surface area contributed by atoms with Crippen LogP contribution in [0.15, 0.2) is 45.8 Å². The van der Waals surface area contributed by atoms with Gasteiger partial charge in [-0.25, -0.2) is 4.39 Å². The lowest BCUT2D eigenvalue weighted by atomic mass is 10.2. The van der Waals surface area contributed by atoms with Crippen LogP contribution in [0.25, 0.3) is 0 Å². The maximum Gasteiger partial charge on any atom is 0.287 e. The minimum atomic E-state index is -0.645. The summed E-state index contributed by atoms with van der Waals surface area (Å²) in [6.07, 6.45) is 0. The summed E-state index contributed by atoms with van der Waals surface area (Å²) in [5.41, 5.74) is 0.839. The van der Waals surface area contributed by atoms with E-state index in [-0.39, 0.29) is 17.2 Å². The molecule has 2 amide bonds. The number of carbonyl (C=O) groups is 2. The molecule has 2 heterocycles. The lowest BCUT2D eigenvalue weighted by molar-refractivity contribution is 0.0920. The zero-order valence-corrected chi connectivity index (χ0v) is 18.8. The second-order valence-corrected chi connectivity index (χ2v) is 8.52. The first kappa shape index (κ1) is 22.6. The zero-order valence-electron chi connectivity index (χ0n) is 17.9. The van der Waals surface area contributed by atoms with Crippen LogP contribution in [0, 0.1) is 19.7 Å². The van der Waals surface area contributed by atoms with Gasteiger partial charge in [-0.3, -0.25) is 9.59 Å². The number of rotatable bonds is 7. The predicted molar refractivity (Wildman–Crippen MR) is 117 cm³/mol. The quantitative estimate of drug-likeness (QED) is 0.608. The third-order valence-electron chi connectivity index (χ3n) is 4.74. The number of carbonyl (C=O) groups excluding carboxylic acids is 2. The Hall–Kier alpha value is -3.04. The van der Waals surface area contributed by atoms with Gasteiger partial charge in [0.2, 0.25) is 0 Å². The molecule has 0 atom stereocenters. The lowest BCUT2D eigenvalue weighted by Gasteiger charge is -2.09. The number of nitrogens with one attached hydrogen (secondary N) is 1. The molecule has 3 aromatic rings. The molecule has 0 aliphatic carbocycles. The summed E-state index contributed by atoms with van der Waals surface area (Å²) in [6.45, 7) is 5.37. The number of thiazole rings is 1. The van der Waals surface area contributed by atoms with Crippen LogP contribution < -0.4 is 10.1 Å². The van der Waals surface area contributed by atoms with Crippen LogP contribution in [0.2, 0.25) is 0 Å². The predicted octanol–water partition coefficient (Wildman–Crippen LogP) is 2.98. The molecule has 7 nitrogen and oxygen atoms in total. The molecule has 0 fully saturated rings. The van der Waals surface area contributed by atoms with Gasteiger partial charge in [0.15, 0.2) is 10.6 Å². The number of hydrogen-bond donors (Lipinski definition) is 1. The normalized spacial score (nSPS) is 11.9. The second kappa shape index (κ2) is 9.84. The summed E-state index contributed by atoms with van der Waals surface area (Å²) in [5, 5.41) is 2.81. The molecule has 0 aliphatic heterocycles. The van der Waals surface area contributed by atoms with Crippen molar-refractivity contribution in [1.82, 2.24) is 14.8 Å². The van der Waals surface area contributed by atoms with Gasteiger partial charge in [-0.15, -0.1) is 11.3 Å². The van der Waals surface area contributed by atoms with Gasteiger partial charge < -0.3 is 19.2 Å². The van der Waals surface area contributed by atoms with Crippen LogP contribution in [-0.4, -0.2) is 48.5 Å². The van der Waals surface area contributed by atoms with Crippen LogP contribution in [0.5, 0.6) is 0 Å². The fraction of sp³-hybridized carbons (Fsp3) is 0.318. The fourth-order valence-electron chi connectivity index (χ4n) is 2.87. The number of hydrogen-bond acceptors (Lipinski definition) is 5. The lowest BCUT2D eigenvalue weighted by Crippen LogP contribution is -2.31. The molecule has 3 rings (SSSR count). The van der Waals surface area contributed by atoms with Gasteiger partial charge in [-0.05, 0) is 52.2 Å². The number of furan rings is 1. The van der Waals surface area contributed by atoms with E-state index >= 15 is 0 Å². The molecule has 0 saturated carbocycles. The summed E-state index contributed by atoms with van der Waals surface area (Å²) < 4.78 is 21.5. The summed E-state index contributed by atoms with van der Waals surface area (Å²) in [4.78, 5) is 32.3. The number of likely N-dealkylation sites (N-methyl/N-ethyl adjacent to an activating group) is 1. The van der Waals surface area contributed by atoms with Crippen molar-refractivity contribution in [3.8, 4) is 0 Å². The Morgan fingerprint density at radius 3 is 2.65 bits per heavy atom. The average molecular weight is 445 g/mol. The van der Waals surface area contributed by atoms with E-state index in [1.165, 1.54) is 29.5 Å². The first-order valence-electron chi connectivity index (χ1n) is 9.78. The molecular weight excluding hydrogens is 419 g/mol. The zero-order chi connectivity index (χ0) is 22.5. The third-order valence-corrected chi connectivity index (χ3v) is 5.83. The molecule has 164 valence electrons. The molecule has 0 radical (unpaired) electrons. The molecular formula is C22H25FN4O3S. The largest absolute Gasteiger partial charge is 0.454 e. The van der Waals surface area contributed by atoms with Crippen molar-refractivity contribution in [2.24, 2.45) is 4.99 Å². The van der Waals surface area contributed by atoms with E-state index in [2.05, 4.69) is 10.3 Å². The van der Waals surface area contributed by atoms with Crippen molar-refractivity contribution >= 4 is 23.2 Å².